The Labute approximate surface area is 155 Å². The molecule has 0 aliphatic heterocycles. The summed E-state index contributed by atoms with van der Waals surface area (Å²) in [7, 11) is -1.97. The van der Waals surface area contributed by atoms with E-state index in [0.29, 0.717) is 10.7 Å². The number of sulfonamides is 1. The van der Waals surface area contributed by atoms with Crippen LogP contribution >= 0.6 is 11.8 Å². The normalized spacial score (nSPS) is 11.7. The van der Waals surface area contributed by atoms with Gasteiger partial charge in [-0.25, -0.2) is 18.5 Å². The number of aryl methyl sites for hydroxylation is 2. The van der Waals surface area contributed by atoms with Crippen LogP contribution in [0, 0.1) is 6.92 Å². The van der Waals surface area contributed by atoms with Crippen molar-refractivity contribution in [3.63, 3.8) is 0 Å². The molecule has 7 nitrogen and oxygen atoms in total. The van der Waals surface area contributed by atoms with Crippen LogP contribution in [-0.4, -0.2) is 29.6 Å². The van der Waals surface area contributed by atoms with Crippen molar-refractivity contribution in [2.24, 2.45) is 12.2 Å². The monoisotopic (exact) mass is 390 g/mol. The van der Waals surface area contributed by atoms with E-state index in [0.717, 1.165) is 16.8 Å². The minimum absolute atomic E-state index is 0.0110. The Morgan fingerprint density at radius 1 is 1.27 bits per heavy atom. The predicted octanol–water partition coefficient (Wildman–Crippen LogP) is 2.26. The molecule has 0 saturated heterocycles. The number of nitrogens with two attached hydrogens (primary N) is 1. The summed E-state index contributed by atoms with van der Waals surface area (Å²) in [6, 6.07) is 12.1. The van der Waals surface area contributed by atoms with E-state index in [9.17, 15) is 13.2 Å². The molecule has 0 spiro atoms. The topological polar surface area (TPSA) is 107 Å². The van der Waals surface area contributed by atoms with E-state index in [1.54, 1.807) is 6.07 Å². The lowest BCUT2D eigenvalue weighted by molar-refractivity contribution is -0.113. The molecule has 3 N–H and O–H groups in total. The third kappa shape index (κ3) is 4.06. The van der Waals surface area contributed by atoms with Crippen LogP contribution in [0.4, 0.5) is 5.69 Å². The molecule has 1 amide bonds. The van der Waals surface area contributed by atoms with Crippen molar-refractivity contribution < 1.29 is 13.2 Å². The number of benzene rings is 2. The largest absolute Gasteiger partial charge is 0.325 e. The fourth-order valence-corrected chi connectivity index (χ4v) is 3.83. The lowest BCUT2D eigenvalue weighted by Crippen LogP contribution is -2.14. The molecule has 0 aliphatic carbocycles. The number of fused-ring (bicyclic) bond motifs is 1. The van der Waals surface area contributed by atoms with Crippen molar-refractivity contribution in [1.82, 2.24) is 9.55 Å². The number of carbonyl (C=O) groups excluding carboxylic acids is 1. The maximum atomic E-state index is 12.1. The molecule has 0 bridgehead atoms. The number of hydrogen-bond donors (Lipinski definition) is 2. The number of thioether (sulfide) groups is 1. The molecule has 1 aromatic heterocycles. The van der Waals surface area contributed by atoms with Crippen LogP contribution in [0.5, 0.6) is 0 Å². The molecule has 3 rings (SSSR count). The Bertz CT molecular complexity index is 1090. The highest BCUT2D eigenvalue weighted by atomic mass is 32.2. The maximum Gasteiger partial charge on any atom is 0.238 e. The zero-order valence-electron chi connectivity index (χ0n) is 14.3. The fraction of sp³-hybridized carbons (Fsp3) is 0.176. The second-order valence-electron chi connectivity index (χ2n) is 5.86. The van der Waals surface area contributed by atoms with E-state index >= 15 is 0 Å². The molecule has 0 saturated carbocycles. The average molecular weight is 390 g/mol. The standard InChI is InChI=1S/C17H18N4O3S2/c1-11-4-3-5-12(8-11)19-16(22)10-25-17-20-14-9-13(26(18,23)24)6-7-15(14)21(17)2/h3-9H,10H2,1-2H3,(H,19,22)(H2,18,23,24). The Morgan fingerprint density at radius 3 is 2.73 bits per heavy atom. The smallest absolute Gasteiger partial charge is 0.238 e. The van der Waals surface area contributed by atoms with Crippen molar-refractivity contribution in [2.75, 3.05) is 11.1 Å². The Hall–Kier alpha value is -2.36. The highest BCUT2D eigenvalue weighted by Crippen LogP contribution is 2.25. The first-order valence-corrected chi connectivity index (χ1v) is 10.3. The van der Waals surface area contributed by atoms with Crippen LogP contribution in [0.25, 0.3) is 11.0 Å². The summed E-state index contributed by atoms with van der Waals surface area (Å²) >= 11 is 1.28. The number of primary sulfonamides is 1. The molecular formula is C17H18N4O3S2. The first kappa shape index (κ1) is 18.4. The molecule has 0 radical (unpaired) electrons. The fourth-order valence-electron chi connectivity index (χ4n) is 2.51. The molecule has 3 aromatic rings. The molecule has 0 aliphatic rings. The van der Waals surface area contributed by atoms with Gasteiger partial charge < -0.3 is 9.88 Å². The highest BCUT2D eigenvalue weighted by molar-refractivity contribution is 7.99. The van der Waals surface area contributed by atoms with Crippen molar-refractivity contribution in [1.29, 1.82) is 0 Å². The van der Waals surface area contributed by atoms with Crippen LogP contribution in [0.15, 0.2) is 52.5 Å². The third-order valence-corrected chi connectivity index (χ3v) is 5.71. The first-order valence-electron chi connectivity index (χ1n) is 7.72. The number of nitrogens with zero attached hydrogens (tertiary/aromatic N) is 2. The highest BCUT2D eigenvalue weighted by Gasteiger charge is 2.14. The second kappa shape index (κ2) is 7.10. The zero-order valence-corrected chi connectivity index (χ0v) is 15.9. The van der Waals surface area contributed by atoms with Gasteiger partial charge in [0.1, 0.15) is 0 Å². The van der Waals surface area contributed by atoms with Crippen LogP contribution in [0.3, 0.4) is 0 Å². The summed E-state index contributed by atoms with van der Waals surface area (Å²) in [5.41, 5.74) is 3.09. The summed E-state index contributed by atoms with van der Waals surface area (Å²) in [4.78, 5) is 16.6. The van der Waals surface area contributed by atoms with Crippen molar-refractivity contribution >= 4 is 44.4 Å². The van der Waals surface area contributed by atoms with E-state index in [1.165, 1.54) is 23.9 Å². The number of anilines is 1. The van der Waals surface area contributed by atoms with E-state index in [2.05, 4.69) is 10.3 Å². The van der Waals surface area contributed by atoms with Gasteiger partial charge in [0.25, 0.3) is 0 Å². The molecule has 9 heteroatoms. The minimum atomic E-state index is -3.78. The SMILES string of the molecule is Cc1cccc(NC(=O)CSc2nc3cc(S(N)(=O)=O)ccc3n2C)c1. The van der Waals surface area contributed by atoms with Crippen molar-refractivity contribution in [3.8, 4) is 0 Å². The summed E-state index contributed by atoms with van der Waals surface area (Å²) in [6.45, 7) is 1.96. The molecule has 0 unspecified atom stereocenters. The lowest BCUT2D eigenvalue weighted by Gasteiger charge is -2.06. The van der Waals surface area contributed by atoms with Crippen molar-refractivity contribution in [3.05, 3.63) is 48.0 Å². The summed E-state index contributed by atoms with van der Waals surface area (Å²) in [6.07, 6.45) is 0. The van der Waals surface area contributed by atoms with Crippen LogP contribution in [0.1, 0.15) is 5.56 Å². The number of aromatic nitrogens is 2. The second-order valence-corrected chi connectivity index (χ2v) is 8.36. The Balaban J connectivity index is 1.74. The molecule has 2 aromatic carbocycles. The average Bonchev–Trinajstić information content (AvgIpc) is 2.88. The van der Waals surface area contributed by atoms with Gasteiger partial charge >= 0.3 is 0 Å². The van der Waals surface area contributed by atoms with Gasteiger partial charge in [0, 0.05) is 12.7 Å². The van der Waals surface area contributed by atoms with Crippen LogP contribution in [0.2, 0.25) is 0 Å². The van der Waals surface area contributed by atoms with Gasteiger partial charge in [-0.3, -0.25) is 4.79 Å². The first-order chi connectivity index (χ1) is 12.2. The van der Waals surface area contributed by atoms with E-state index in [4.69, 9.17) is 5.14 Å². The Morgan fingerprint density at radius 2 is 2.04 bits per heavy atom. The van der Waals surface area contributed by atoms with Crippen molar-refractivity contribution in [2.45, 2.75) is 17.0 Å². The van der Waals surface area contributed by atoms with Gasteiger partial charge in [-0.2, -0.15) is 0 Å². The Kier molecular flexibility index (Phi) is 5.03. The summed E-state index contributed by atoms with van der Waals surface area (Å²) < 4.78 is 24.7. The van der Waals surface area contributed by atoms with Gasteiger partial charge in [0.15, 0.2) is 5.16 Å². The van der Waals surface area contributed by atoms with Crippen LogP contribution in [-0.2, 0) is 21.9 Å². The number of carbonyl (C=O) groups is 1. The number of imidazole rings is 1. The van der Waals surface area contributed by atoms with E-state index in [-0.39, 0.29) is 16.6 Å². The van der Waals surface area contributed by atoms with E-state index in [1.807, 2.05) is 42.8 Å². The maximum absolute atomic E-state index is 12.1. The van der Waals surface area contributed by atoms with Gasteiger partial charge in [0.05, 0.1) is 21.7 Å². The third-order valence-electron chi connectivity index (χ3n) is 3.77. The van der Waals surface area contributed by atoms with Gasteiger partial charge in [-0.05, 0) is 42.8 Å². The molecule has 136 valence electrons. The molecule has 0 fully saturated rings. The summed E-state index contributed by atoms with van der Waals surface area (Å²) in [5.74, 6) is 0.0468. The molecule has 0 atom stereocenters. The van der Waals surface area contributed by atoms with E-state index < -0.39 is 10.0 Å². The molecular weight excluding hydrogens is 372 g/mol. The molecule has 1 heterocycles. The zero-order chi connectivity index (χ0) is 18.9. The quantitative estimate of drug-likeness (QED) is 0.650. The summed E-state index contributed by atoms with van der Waals surface area (Å²) in [5, 5.41) is 8.61. The number of rotatable bonds is 5. The minimum Gasteiger partial charge on any atom is -0.325 e. The van der Waals surface area contributed by atoms with Gasteiger partial charge in [-0.1, -0.05) is 23.9 Å². The molecule has 26 heavy (non-hydrogen) atoms. The van der Waals surface area contributed by atoms with Crippen LogP contribution < -0.4 is 10.5 Å². The lowest BCUT2D eigenvalue weighted by atomic mass is 10.2. The number of hydrogen-bond acceptors (Lipinski definition) is 5. The number of amides is 1. The number of nitrogens with one attached hydrogen (secondary N) is 1. The predicted molar refractivity (Wildman–Crippen MR) is 103 cm³/mol. The van der Waals surface area contributed by atoms with Gasteiger partial charge in [-0.15, -0.1) is 0 Å². The van der Waals surface area contributed by atoms with Gasteiger partial charge in [0.2, 0.25) is 15.9 Å².